The number of nitrogens with zero attached hydrogens (tertiary/aromatic N) is 1. The predicted molar refractivity (Wildman–Crippen MR) is 205 cm³/mol. The molecule has 1 N–H and O–H groups in total. The molecule has 280 valence electrons. The van der Waals surface area contributed by atoms with Crippen LogP contribution in [0.3, 0.4) is 0 Å². The van der Waals surface area contributed by atoms with Crippen LogP contribution in [0, 0.1) is 11.8 Å². The number of carbonyl (C=O) groups excluding carboxylic acids is 3. The second-order valence-electron chi connectivity index (χ2n) is 15.6. The third kappa shape index (κ3) is 9.03. The Bertz CT molecular complexity index is 1590. The molecule has 9 nitrogen and oxygen atoms in total. The summed E-state index contributed by atoms with van der Waals surface area (Å²) in [6, 6.07) is 3.59. The fourth-order valence-electron chi connectivity index (χ4n) is 6.81. The van der Waals surface area contributed by atoms with Crippen molar-refractivity contribution in [1.82, 2.24) is 4.90 Å². The molecule has 0 spiro atoms. The Morgan fingerprint density at radius 3 is 2.53 bits per heavy atom. The van der Waals surface area contributed by atoms with Crippen molar-refractivity contribution in [2.24, 2.45) is 11.8 Å². The molecular formula is C40H57NO8SSi. The highest BCUT2D eigenvalue weighted by Crippen LogP contribution is 2.52. The van der Waals surface area contributed by atoms with Gasteiger partial charge in [0, 0.05) is 11.5 Å². The van der Waals surface area contributed by atoms with Crippen molar-refractivity contribution in [2.75, 3.05) is 13.2 Å². The van der Waals surface area contributed by atoms with E-state index in [4.69, 9.17) is 18.6 Å². The minimum atomic E-state index is -2.19. The van der Waals surface area contributed by atoms with Crippen LogP contribution in [0.5, 0.6) is 11.5 Å². The molecule has 2 aliphatic heterocycles. The van der Waals surface area contributed by atoms with Crippen molar-refractivity contribution in [1.29, 1.82) is 0 Å². The molecule has 1 aromatic rings. The van der Waals surface area contributed by atoms with E-state index < -0.39 is 31.7 Å². The number of carbonyl (C=O) groups is 3. The van der Waals surface area contributed by atoms with Crippen LogP contribution in [0.15, 0.2) is 59.2 Å². The van der Waals surface area contributed by atoms with Crippen LogP contribution in [0.4, 0.5) is 4.79 Å². The van der Waals surface area contributed by atoms with Crippen LogP contribution in [-0.2, 0) is 29.9 Å². The number of rotatable bonds is 15. The molecule has 1 fully saturated rings. The van der Waals surface area contributed by atoms with Gasteiger partial charge in [-0.2, -0.15) is 0 Å². The number of allylic oxidation sites excluding steroid dienone is 3. The van der Waals surface area contributed by atoms with Gasteiger partial charge in [0.05, 0.1) is 16.9 Å². The first kappa shape index (κ1) is 40.5. The lowest BCUT2D eigenvalue weighted by atomic mass is 9.73. The summed E-state index contributed by atoms with van der Waals surface area (Å²) >= 11 is 1.30. The molecule has 1 unspecified atom stereocenters. The molecule has 0 saturated carbocycles. The van der Waals surface area contributed by atoms with Crippen LogP contribution in [0.2, 0.25) is 18.1 Å². The summed E-state index contributed by atoms with van der Waals surface area (Å²) in [4.78, 5) is 42.2. The highest BCUT2D eigenvalue weighted by molar-refractivity contribution is 8.04. The fourth-order valence-corrected chi connectivity index (χ4v) is 9.75. The number of β-lactam (4-membered cyclic amide) rings is 1. The first-order valence-electron chi connectivity index (χ1n) is 18.1. The summed E-state index contributed by atoms with van der Waals surface area (Å²) in [6.07, 6.45) is 7.76. The Labute approximate surface area is 309 Å². The summed E-state index contributed by atoms with van der Waals surface area (Å²) in [6.45, 7) is 26.3. The molecule has 1 aromatic carbocycles. The number of thioether (sulfide) groups is 1. The SMILES string of the molecule is C=CCOC(=O)C1=C(COC(=O)Oc2cc(CCCCC)cc(O)c2[C@@H]2C=C(C)CC[C@H]2C(=C)C)SC2[C@@H]([C@@H](C)O[Si](C)(C)C(C)(C)C)C(=O)N12. The van der Waals surface area contributed by atoms with Gasteiger partial charge in [-0.05, 0) is 88.2 Å². The molecule has 5 atom stereocenters. The lowest BCUT2D eigenvalue weighted by molar-refractivity contribution is -0.157. The molecule has 0 bridgehead atoms. The normalized spacial score (nSPS) is 22.5. The molecular weight excluding hydrogens is 683 g/mol. The summed E-state index contributed by atoms with van der Waals surface area (Å²) in [5.74, 6) is -1.27. The number of ether oxygens (including phenoxy) is 3. The number of hydrogen-bond donors (Lipinski definition) is 1. The fraction of sp³-hybridized carbons (Fsp3) is 0.575. The van der Waals surface area contributed by atoms with Crippen molar-refractivity contribution in [2.45, 2.75) is 123 Å². The lowest BCUT2D eigenvalue weighted by Gasteiger charge is -2.48. The Hall–Kier alpha value is -3.28. The van der Waals surface area contributed by atoms with E-state index >= 15 is 0 Å². The molecule has 2 heterocycles. The van der Waals surface area contributed by atoms with E-state index in [9.17, 15) is 19.5 Å². The number of amides is 1. The summed E-state index contributed by atoms with van der Waals surface area (Å²) < 4.78 is 23.5. The highest BCUT2D eigenvalue weighted by atomic mass is 32.2. The number of phenols is 1. The van der Waals surface area contributed by atoms with Crippen molar-refractivity contribution in [3.63, 3.8) is 0 Å². The number of phenolic OH excluding ortho intramolecular Hbond substituents is 1. The summed E-state index contributed by atoms with van der Waals surface area (Å²) in [5, 5.41) is 11.0. The van der Waals surface area contributed by atoms with Crippen LogP contribution in [0.25, 0.3) is 0 Å². The number of esters is 1. The quantitative estimate of drug-likeness (QED) is 0.0470. The second kappa shape index (κ2) is 16.6. The van der Waals surface area contributed by atoms with Gasteiger partial charge in [-0.25, -0.2) is 9.59 Å². The van der Waals surface area contributed by atoms with Crippen molar-refractivity contribution in [3.05, 3.63) is 70.3 Å². The van der Waals surface area contributed by atoms with E-state index in [2.05, 4.69) is 66.9 Å². The third-order valence-corrected chi connectivity index (χ3v) is 16.6. The lowest BCUT2D eigenvalue weighted by Crippen LogP contribution is -2.62. The van der Waals surface area contributed by atoms with Gasteiger partial charge in [0.15, 0.2) is 8.32 Å². The largest absolute Gasteiger partial charge is 0.514 e. The Morgan fingerprint density at radius 2 is 1.90 bits per heavy atom. The van der Waals surface area contributed by atoms with E-state index in [0.29, 0.717) is 10.5 Å². The smallest absolute Gasteiger partial charge is 0.507 e. The van der Waals surface area contributed by atoms with Crippen molar-refractivity contribution < 1.29 is 38.1 Å². The third-order valence-electron chi connectivity index (χ3n) is 10.6. The van der Waals surface area contributed by atoms with Crippen LogP contribution in [0.1, 0.15) is 97.6 Å². The van der Waals surface area contributed by atoms with Gasteiger partial charge in [0.2, 0.25) is 5.91 Å². The maximum atomic E-state index is 13.6. The van der Waals surface area contributed by atoms with Crippen molar-refractivity contribution >= 4 is 38.1 Å². The predicted octanol–water partition coefficient (Wildman–Crippen LogP) is 9.54. The summed E-state index contributed by atoms with van der Waals surface area (Å²) in [7, 11) is -2.19. The topological polar surface area (TPSA) is 112 Å². The van der Waals surface area contributed by atoms with Gasteiger partial charge in [0.1, 0.15) is 35.8 Å². The first-order chi connectivity index (χ1) is 23.9. The average molecular weight is 740 g/mol. The zero-order valence-electron chi connectivity index (χ0n) is 31.9. The van der Waals surface area contributed by atoms with Crippen molar-refractivity contribution in [3.8, 4) is 11.5 Å². The Balaban J connectivity index is 1.59. The van der Waals surface area contributed by atoms with E-state index in [1.54, 1.807) is 6.07 Å². The number of fused-ring (bicyclic) bond motifs is 1. The molecule has 4 rings (SSSR count). The van der Waals surface area contributed by atoms with E-state index in [0.717, 1.165) is 49.7 Å². The van der Waals surface area contributed by atoms with Gasteiger partial charge >= 0.3 is 12.1 Å². The van der Waals surface area contributed by atoms with Gasteiger partial charge in [0.25, 0.3) is 0 Å². The van der Waals surface area contributed by atoms with Crippen LogP contribution < -0.4 is 4.74 Å². The maximum absolute atomic E-state index is 13.6. The molecule has 1 saturated heterocycles. The Morgan fingerprint density at radius 1 is 1.20 bits per heavy atom. The number of unbranched alkanes of at least 4 members (excludes halogenated alkanes) is 2. The molecule has 51 heavy (non-hydrogen) atoms. The minimum absolute atomic E-state index is 0.0364. The standard InChI is InChI=1S/C40H57NO8SSi/c1-12-14-15-16-27-21-30(42)34(29-20-25(5)17-18-28(29)24(3)4)31(22-27)48-39(45)47-23-32-35(38(44)46-19-13-2)41-36(43)33(37(41)50-32)26(6)49-51(10,11)40(7,8)9/h13,20-22,26,28-29,33,37,42H,2-3,12,14-19,23H2,1,4-11H3/t26-,28+,29-,33+,37?/m1/s1. The molecule has 3 aliphatic rings. The van der Waals surface area contributed by atoms with E-state index in [1.807, 2.05) is 19.9 Å². The van der Waals surface area contributed by atoms with Crippen LogP contribution in [-0.4, -0.2) is 61.0 Å². The highest BCUT2D eigenvalue weighted by Gasteiger charge is 2.59. The molecule has 1 aliphatic carbocycles. The first-order valence-corrected chi connectivity index (χ1v) is 21.9. The maximum Gasteiger partial charge on any atom is 0.514 e. The number of benzene rings is 1. The molecule has 1 amide bonds. The zero-order chi connectivity index (χ0) is 37.8. The number of hydrogen-bond acceptors (Lipinski definition) is 9. The van der Waals surface area contributed by atoms with Gasteiger partial charge in [-0.1, -0.05) is 88.8 Å². The number of aryl methyl sites for hydroxylation is 1. The summed E-state index contributed by atoms with van der Waals surface area (Å²) in [5.41, 5.74) is 3.63. The van der Waals surface area contributed by atoms with Gasteiger partial charge in [-0.15, -0.1) is 0 Å². The molecule has 0 aromatic heterocycles. The monoisotopic (exact) mass is 739 g/mol. The van der Waals surface area contributed by atoms with Crippen LogP contribution >= 0.6 is 11.8 Å². The molecule has 11 heteroatoms. The van der Waals surface area contributed by atoms with Gasteiger partial charge in [-0.3, -0.25) is 9.69 Å². The zero-order valence-corrected chi connectivity index (χ0v) is 33.7. The van der Waals surface area contributed by atoms with E-state index in [1.165, 1.54) is 28.3 Å². The average Bonchev–Trinajstić information content (AvgIpc) is 3.35. The number of aromatic hydroxyl groups is 1. The molecule has 0 radical (unpaired) electrons. The Kier molecular flexibility index (Phi) is 13.2. The minimum Gasteiger partial charge on any atom is -0.507 e. The second-order valence-corrected chi connectivity index (χ2v) is 21.6. The van der Waals surface area contributed by atoms with E-state index in [-0.39, 0.29) is 59.3 Å². The van der Waals surface area contributed by atoms with Gasteiger partial charge < -0.3 is 23.7 Å².